The highest BCUT2D eigenvalue weighted by atomic mass is 16.5. The molecule has 6 heteroatoms. The van der Waals surface area contributed by atoms with E-state index in [0.717, 1.165) is 5.56 Å². The molecule has 2 aromatic heterocycles. The van der Waals surface area contributed by atoms with Gasteiger partial charge in [0, 0.05) is 11.1 Å². The maximum absolute atomic E-state index is 13.0. The second kappa shape index (κ2) is 7.59. The van der Waals surface area contributed by atoms with Gasteiger partial charge in [-0.3, -0.25) is 9.20 Å². The van der Waals surface area contributed by atoms with E-state index < -0.39 is 5.97 Å². The number of ether oxygens (including phenoxy) is 1. The number of phenolic OH excluding ortho intramolecular Hbond substituents is 1. The zero-order chi connectivity index (χ0) is 20.4. The van der Waals surface area contributed by atoms with Crippen LogP contribution in [0.15, 0.2) is 73.1 Å². The number of carbonyl (C=O) groups excluding carboxylic acids is 2. The fourth-order valence-corrected chi connectivity index (χ4v) is 3.17. The van der Waals surface area contributed by atoms with Gasteiger partial charge in [0.2, 0.25) is 5.78 Å². The Hall–Kier alpha value is -3.93. The smallest absolute Gasteiger partial charge is 0.340 e. The molecule has 0 amide bonds. The van der Waals surface area contributed by atoms with Crippen LogP contribution in [0, 0.1) is 0 Å². The molecule has 29 heavy (non-hydrogen) atoms. The molecule has 6 nitrogen and oxygen atoms in total. The first kappa shape index (κ1) is 18.4. The van der Waals surface area contributed by atoms with Crippen molar-refractivity contribution in [2.45, 2.75) is 6.92 Å². The molecule has 1 N–H and O–H groups in total. The van der Waals surface area contributed by atoms with Gasteiger partial charge in [0.05, 0.1) is 29.1 Å². The number of rotatable bonds is 5. The summed E-state index contributed by atoms with van der Waals surface area (Å²) in [5.41, 5.74) is 3.07. The van der Waals surface area contributed by atoms with Crippen LogP contribution in [0.1, 0.15) is 33.3 Å². The minimum atomic E-state index is -0.500. The fraction of sp³-hybridized carbons (Fsp3) is 0.0870. The van der Waals surface area contributed by atoms with Gasteiger partial charge in [-0.1, -0.05) is 30.3 Å². The zero-order valence-corrected chi connectivity index (χ0v) is 15.7. The number of benzene rings is 2. The Balaban J connectivity index is 1.88. The van der Waals surface area contributed by atoms with E-state index in [0.29, 0.717) is 28.0 Å². The first-order valence-electron chi connectivity index (χ1n) is 9.16. The van der Waals surface area contributed by atoms with Gasteiger partial charge in [-0.05, 0) is 43.3 Å². The van der Waals surface area contributed by atoms with Crippen LogP contribution in [0.5, 0.6) is 5.75 Å². The topological polar surface area (TPSA) is 80.9 Å². The van der Waals surface area contributed by atoms with Gasteiger partial charge in [0.25, 0.3) is 0 Å². The molecule has 0 spiro atoms. The average Bonchev–Trinajstić information content (AvgIpc) is 3.13. The number of phenols is 1. The van der Waals surface area contributed by atoms with E-state index in [2.05, 4.69) is 4.98 Å². The van der Waals surface area contributed by atoms with E-state index in [4.69, 9.17) is 4.74 Å². The third kappa shape index (κ3) is 3.48. The minimum absolute atomic E-state index is 0.153. The van der Waals surface area contributed by atoms with Crippen LogP contribution >= 0.6 is 0 Å². The van der Waals surface area contributed by atoms with E-state index in [1.54, 1.807) is 72.0 Å². The van der Waals surface area contributed by atoms with E-state index in [9.17, 15) is 14.7 Å². The number of aromatic hydroxyl groups is 1. The number of carbonyl (C=O) groups is 2. The molecule has 0 saturated heterocycles. The highest BCUT2D eigenvalue weighted by Gasteiger charge is 2.22. The van der Waals surface area contributed by atoms with Crippen LogP contribution in [0.3, 0.4) is 0 Å². The lowest BCUT2D eigenvalue weighted by molar-refractivity contribution is 0.0529. The summed E-state index contributed by atoms with van der Waals surface area (Å²) < 4.78 is 6.78. The van der Waals surface area contributed by atoms with Crippen LogP contribution in [-0.2, 0) is 4.74 Å². The molecule has 0 unspecified atom stereocenters. The monoisotopic (exact) mass is 386 g/mol. The highest BCUT2D eigenvalue weighted by molar-refractivity contribution is 6.11. The van der Waals surface area contributed by atoms with Crippen LogP contribution in [0.2, 0.25) is 0 Å². The van der Waals surface area contributed by atoms with Crippen molar-refractivity contribution >= 4 is 17.3 Å². The van der Waals surface area contributed by atoms with Crippen LogP contribution < -0.4 is 0 Å². The summed E-state index contributed by atoms with van der Waals surface area (Å²) in [6.45, 7) is 1.96. The van der Waals surface area contributed by atoms with Crippen LogP contribution in [0.4, 0.5) is 0 Å². The maximum atomic E-state index is 13.0. The van der Waals surface area contributed by atoms with Gasteiger partial charge in [-0.2, -0.15) is 0 Å². The molecular formula is C23H18N2O4. The Morgan fingerprint density at radius 3 is 2.45 bits per heavy atom. The molecule has 0 aliphatic rings. The Morgan fingerprint density at radius 2 is 1.76 bits per heavy atom. The van der Waals surface area contributed by atoms with Gasteiger partial charge in [-0.15, -0.1) is 0 Å². The molecule has 0 saturated carbocycles. The first-order valence-corrected chi connectivity index (χ1v) is 9.16. The van der Waals surface area contributed by atoms with E-state index in [-0.39, 0.29) is 18.1 Å². The quantitative estimate of drug-likeness (QED) is 0.412. The average molecular weight is 386 g/mol. The third-order valence-corrected chi connectivity index (χ3v) is 4.59. The van der Waals surface area contributed by atoms with Crippen molar-refractivity contribution in [2.75, 3.05) is 6.61 Å². The second-order valence-corrected chi connectivity index (χ2v) is 6.44. The summed E-state index contributed by atoms with van der Waals surface area (Å²) in [6, 6.07) is 18.7. The SMILES string of the molecule is CCOC(=O)c1cc(C(=O)c2ccccc2)n2cnc(-c3ccc(O)cc3)cc12. The maximum Gasteiger partial charge on any atom is 0.340 e. The molecule has 4 aromatic rings. The third-order valence-electron chi connectivity index (χ3n) is 4.59. The van der Waals surface area contributed by atoms with Crippen molar-refractivity contribution in [3.05, 3.63) is 89.9 Å². The summed E-state index contributed by atoms with van der Waals surface area (Å²) in [7, 11) is 0. The number of esters is 1. The van der Waals surface area contributed by atoms with Crippen LogP contribution in [-0.4, -0.2) is 32.9 Å². The van der Waals surface area contributed by atoms with E-state index in [1.165, 1.54) is 6.33 Å². The number of nitrogens with zero attached hydrogens (tertiary/aromatic N) is 2. The van der Waals surface area contributed by atoms with Crippen molar-refractivity contribution in [3.63, 3.8) is 0 Å². The highest BCUT2D eigenvalue weighted by Crippen LogP contribution is 2.26. The Morgan fingerprint density at radius 1 is 1.03 bits per heavy atom. The minimum Gasteiger partial charge on any atom is -0.508 e. The number of ketones is 1. The Bertz CT molecular complexity index is 1200. The van der Waals surface area contributed by atoms with E-state index >= 15 is 0 Å². The largest absolute Gasteiger partial charge is 0.508 e. The van der Waals surface area contributed by atoms with Crippen molar-refractivity contribution < 1.29 is 19.4 Å². The molecule has 2 heterocycles. The Kier molecular flexibility index (Phi) is 4.83. The lowest BCUT2D eigenvalue weighted by Crippen LogP contribution is -2.05. The molecule has 0 fully saturated rings. The fourth-order valence-electron chi connectivity index (χ4n) is 3.17. The molecule has 4 rings (SSSR count). The van der Waals surface area contributed by atoms with Crippen molar-refractivity contribution in [1.82, 2.24) is 9.38 Å². The number of hydrogen-bond acceptors (Lipinski definition) is 5. The van der Waals surface area contributed by atoms with Gasteiger partial charge in [0.1, 0.15) is 12.1 Å². The predicted octanol–water partition coefficient (Wildman–Crippen LogP) is 4.11. The normalized spacial score (nSPS) is 10.8. The lowest BCUT2D eigenvalue weighted by Gasteiger charge is -2.06. The summed E-state index contributed by atoms with van der Waals surface area (Å²) in [6.07, 6.45) is 1.52. The van der Waals surface area contributed by atoms with Crippen molar-refractivity contribution in [2.24, 2.45) is 0 Å². The standard InChI is InChI=1S/C23H18N2O4/c1-2-29-23(28)18-12-21(22(27)16-6-4-3-5-7-16)25-14-24-19(13-20(18)25)15-8-10-17(26)11-9-15/h3-14,26H,2H2,1H3. The predicted molar refractivity (Wildman–Crippen MR) is 108 cm³/mol. The molecule has 0 bridgehead atoms. The first-order chi connectivity index (χ1) is 14.1. The van der Waals surface area contributed by atoms with Gasteiger partial charge in [-0.25, -0.2) is 9.78 Å². The molecule has 0 aliphatic heterocycles. The molecule has 0 radical (unpaired) electrons. The zero-order valence-electron chi connectivity index (χ0n) is 15.7. The molecule has 0 atom stereocenters. The van der Waals surface area contributed by atoms with Gasteiger partial charge >= 0.3 is 5.97 Å². The second-order valence-electron chi connectivity index (χ2n) is 6.44. The number of aromatic nitrogens is 2. The van der Waals surface area contributed by atoms with Crippen LogP contribution in [0.25, 0.3) is 16.8 Å². The molecule has 2 aromatic carbocycles. The Labute approximate surface area is 167 Å². The summed E-state index contributed by atoms with van der Waals surface area (Å²) in [5.74, 6) is -0.559. The van der Waals surface area contributed by atoms with Crippen molar-refractivity contribution in [1.29, 1.82) is 0 Å². The summed E-state index contributed by atoms with van der Waals surface area (Å²) in [5, 5.41) is 9.50. The number of hydrogen-bond donors (Lipinski definition) is 1. The van der Waals surface area contributed by atoms with Gasteiger partial charge < -0.3 is 9.84 Å². The molecule has 0 aliphatic carbocycles. The van der Waals surface area contributed by atoms with Gasteiger partial charge in [0.15, 0.2) is 0 Å². The summed E-state index contributed by atoms with van der Waals surface area (Å²) in [4.78, 5) is 30.0. The van der Waals surface area contributed by atoms with E-state index in [1.807, 2.05) is 6.07 Å². The summed E-state index contributed by atoms with van der Waals surface area (Å²) >= 11 is 0. The van der Waals surface area contributed by atoms with Crippen molar-refractivity contribution in [3.8, 4) is 17.0 Å². The molecule has 144 valence electrons. The number of fused-ring (bicyclic) bond motifs is 1. The molecular weight excluding hydrogens is 368 g/mol. The lowest BCUT2D eigenvalue weighted by atomic mass is 10.1.